The highest BCUT2D eigenvalue weighted by atomic mass is 32.2. The van der Waals surface area contributed by atoms with E-state index in [2.05, 4.69) is 15.4 Å². The molecule has 29 heavy (non-hydrogen) atoms. The number of likely N-dealkylation sites (N-methyl/N-ethyl adjacent to an activating group) is 1. The van der Waals surface area contributed by atoms with E-state index < -0.39 is 22.5 Å². The van der Waals surface area contributed by atoms with Crippen molar-refractivity contribution < 1.29 is 18.0 Å². The maximum Gasteiger partial charge on any atom is 0.243 e. The largest absolute Gasteiger partial charge is 0.322 e. The number of nitrogens with zero attached hydrogens (tertiary/aromatic N) is 4. The first-order valence-corrected chi connectivity index (χ1v) is 10.1. The molecule has 0 saturated heterocycles. The van der Waals surface area contributed by atoms with Crippen molar-refractivity contribution in [2.75, 3.05) is 18.9 Å². The molecule has 150 valence electrons. The summed E-state index contributed by atoms with van der Waals surface area (Å²) in [5, 5.41) is 6.75. The molecule has 9 nitrogen and oxygen atoms in total. The number of amides is 1. The van der Waals surface area contributed by atoms with Crippen LogP contribution in [0, 0.1) is 0 Å². The third kappa shape index (κ3) is 4.55. The molecular formula is C19H19N5O4S. The summed E-state index contributed by atoms with van der Waals surface area (Å²) < 4.78 is 27.8. The summed E-state index contributed by atoms with van der Waals surface area (Å²) in [4.78, 5) is 28.0. The Morgan fingerprint density at radius 3 is 2.45 bits per heavy atom. The molecule has 1 N–H and O–H groups in total. The Hall–Kier alpha value is -3.37. The first-order chi connectivity index (χ1) is 13.8. The monoisotopic (exact) mass is 413 g/mol. The average molecular weight is 413 g/mol. The Labute approximate surface area is 168 Å². The average Bonchev–Trinajstić information content (AvgIpc) is 3.23. The molecule has 0 aliphatic rings. The first-order valence-electron chi connectivity index (χ1n) is 8.61. The molecule has 0 radical (unpaired) electrons. The van der Waals surface area contributed by atoms with Crippen LogP contribution in [0.15, 0.2) is 66.0 Å². The lowest BCUT2D eigenvalue weighted by Gasteiger charge is -2.17. The minimum absolute atomic E-state index is 0.00333. The van der Waals surface area contributed by atoms with E-state index in [4.69, 9.17) is 0 Å². The lowest BCUT2D eigenvalue weighted by Crippen LogP contribution is -2.35. The summed E-state index contributed by atoms with van der Waals surface area (Å²) in [5.41, 5.74) is 0.810. The van der Waals surface area contributed by atoms with E-state index in [1.165, 1.54) is 42.9 Å². The summed E-state index contributed by atoms with van der Waals surface area (Å²) >= 11 is 0. The Morgan fingerprint density at radius 1 is 1.10 bits per heavy atom. The summed E-state index contributed by atoms with van der Waals surface area (Å²) in [6.07, 6.45) is 4.82. The van der Waals surface area contributed by atoms with Gasteiger partial charge in [0.2, 0.25) is 15.9 Å². The van der Waals surface area contributed by atoms with Crippen LogP contribution in [0.1, 0.15) is 17.3 Å². The van der Waals surface area contributed by atoms with Crippen LogP contribution in [0.4, 0.5) is 5.69 Å². The molecule has 1 amide bonds. The Morgan fingerprint density at radius 2 is 1.83 bits per heavy atom. The van der Waals surface area contributed by atoms with Crippen molar-refractivity contribution in [2.24, 2.45) is 0 Å². The van der Waals surface area contributed by atoms with Gasteiger partial charge in [-0.1, -0.05) is 12.1 Å². The third-order valence-corrected chi connectivity index (χ3v) is 5.94. The molecule has 0 saturated carbocycles. The highest BCUT2D eigenvalue weighted by Crippen LogP contribution is 2.18. The minimum atomic E-state index is -3.89. The maximum atomic E-state index is 12.7. The van der Waals surface area contributed by atoms with Crippen LogP contribution in [0.5, 0.6) is 0 Å². The zero-order valence-electron chi connectivity index (χ0n) is 15.8. The zero-order chi connectivity index (χ0) is 21.0. The Balaban J connectivity index is 1.73. The number of ketones is 1. The number of carbonyl (C=O) groups excluding carboxylic acids is 2. The van der Waals surface area contributed by atoms with Gasteiger partial charge in [0.05, 0.1) is 17.1 Å². The standard InChI is InChI=1S/C19H19N5O4S/c1-14(25)15-6-8-16(9-7-15)29(27,28)23(2)13-18(26)22-17-5-3-10-20-19(17)24-12-4-11-21-24/h3-12H,13H2,1-2H3,(H,22,26). The van der Waals surface area contributed by atoms with Gasteiger partial charge >= 0.3 is 0 Å². The minimum Gasteiger partial charge on any atom is -0.322 e. The molecular weight excluding hydrogens is 394 g/mol. The van der Waals surface area contributed by atoms with Crippen LogP contribution in [0.2, 0.25) is 0 Å². The number of anilines is 1. The number of sulfonamides is 1. The Kier molecular flexibility index (Phi) is 5.85. The second-order valence-electron chi connectivity index (χ2n) is 6.22. The van der Waals surface area contributed by atoms with Gasteiger partial charge in [0, 0.05) is 31.2 Å². The van der Waals surface area contributed by atoms with Crippen LogP contribution < -0.4 is 5.32 Å². The van der Waals surface area contributed by atoms with E-state index in [1.54, 1.807) is 36.8 Å². The van der Waals surface area contributed by atoms with Gasteiger partial charge in [-0.15, -0.1) is 0 Å². The topological polar surface area (TPSA) is 114 Å². The van der Waals surface area contributed by atoms with Crippen molar-refractivity contribution >= 4 is 27.4 Å². The number of benzene rings is 1. The number of hydrogen-bond acceptors (Lipinski definition) is 6. The first kappa shape index (κ1) is 20.4. The van der Waals surface area contributed by atoms with Crippen LogP contribution >= 0.6 is 0 Å². The van der Waals surface area contributed by atoms with Crippen molar-refractivity contribution in [3.63, 3.8) is 0 Å². The van der Waals surface area contributed by atoms with E-state index in [-0.39, 0.29) is 10.7 Å². The van der Waals surface area contributed by atoms with Gasteiger partial charge in [0.25, 0.3) is 0 Å². The number of nitrogens with one attached hydrogen (secondary N) is 1. The summed E-state index contributed by atoms with van der Waals surface area (Å²) in [6, 6.07) is 10.6. The van der Waals surface area contributed by atoms with E-state index in [0.717, 1.165) is 4.31 Å². The van der Waals surface area contributed by atoms with Gasteiger partial charge in [-0.05, 0) is 37.3 Å². The van der Waals surface area contributed by atoms with Gasteiger partial charge in [-0.2, -0.15) is 9.40 Å². The van der Waals surface area contributed by atoms with Crippen LogP contribution in [-0.2, 0) is 14.8 Å². The highest BCUT2D eigenvalue weighted by Gasteiger charge is 2.23. The molecule has 0 aliphatic heterocycles. The number of aromatic nitrogens is 3. The number of pyridine rings is 1. The fraction of sp³-hybridized carbons (Fsp3) is 0.158. The van der Waals surface area contributed by atoms with Gasteiger partial charge in [0.15, 0.2) is 11.6 Å². The number of hydrogen-bond donors (Lipinski definition) is 1. The lowest BCUT2D eigenvalue weighted by atomic mass is 10.2. The van der Waals surface area contributed by atoms with Crippen LogP contribution in [0.25, 0.3) is 5.82 Å². The number of rotatable bonds is 7. The molecule has 0 bridgehead atoms. The summed E-state index contributed by atoms with van der Waals surface area (Å²) in [7, 11) is -2.58. The molecule has 0 fully saturated rings. The van der Waals surface area contributed by atoms with Gasteiger partial charge in [-0.3, -0.25) is 9.59 Å². The van der Waals surface area contributed by atoms with Crippen LogP contribution in [0.3, 0.4) is 0 Å². The van der Waals surface area contributed by atoms with E-state index in [0.29, 0.717) is 17.1 Å². The molecule has 3 rings (SSSR count). The SMILES string of the molecule is CC(=O)c1ccc(S(=O)(=O)N(C)CC(=O)Nc2cccnc2-n2cccn2)cc1. The van der Waals surface area contributed by atoms with Crippen molar-refractivity contribution in [3.05, 3.63) is 66.6 Å². The predicted octanol–water partition coefficient (Wildman–Crippen LogP) is 1.73. The van der Waals surface area contributed by atoms with Crippen molar-refractivity contribution in [1.82, 2.24) is 19.1 Å². The highest BCUT2D eigenvalue weighted by molar-refractivity contribution is 7.89. The van der Waals surface area contributed by atoms with E-state index >= 15 is 0 Å². The summed E-state index contributed by atoms with van der Waals surface area (Å²) in [5.74, 6) is -0.278. The molecule has 3 aromatic rings. The Bertz CT molecular complexity index is 1130. The van der Waals surface area contributed by atoms with Gasteiger partial charge in [-0.25, -0.2) is 18.1 Å². The molecule has 0 aliphatic carbocycles. The van der Waals surface area contributed by atoms with Gasteiger partial charge in [0.1, 0.15) is 0 Å². The molecule has 0 spiro atoms. The molecule has 1 aromatic carbocycles. The van der Waals surface area contributed by atoms with Crippen LogP contribution in [-0.4, -0.2) is 52.8 Å². The van der Waals surface area contributed by atoms with E-state index in [1.807, 2.05) is 0 Å². The fourth-order valence-electron chi connectivity index (χ4n) is 2.59. The van der Waals surface area contributed by atoms with Crippen molar-refractivity contribution in [2.45, 2.75) is 11.8 Å². The van der Waals surface area contributed by atoms with Crippen molar-refractivity contribution in [3.8, 4) is 5.82 Å². The quantitative estimate of drug-likeness (QED) is 0.590. The second-order valence-corrected chi connectivity index (χ2v) is 8.26. The van der Waals surface area contributed by atoms with E-state index in [9.17, 15) is 18.0 Å². The maximum absolute atomic E-state index is 12.7. The molecule has 2 aromatic heterocycles. The lowest BCUT2D eigenvalue weighted by molar-refractivity contribution is -0.116. The number of Topliss-reactive ketones (excluding diaryl/α,β-unsaturated/α-hetero) is 1. The fourth-order valence-corrected chi connectivity index (χ4v) is 3.72. The second kappa shape index (κ2) is 8.33. The molecule has 10 heteroatoms. The molecule has 2 heterocycles. The predicted molar refractivity (Wildman–Crippen MR) is 106 cm³/mol. The number of carbonyl (C=O) groups is 2. The summed E-state index contributed by atoms with van der Waals surface area (Å²) in [6.45, 7) is 1.00. The zero-order valence-corrected chi connectivity index (χ0v) is 16.6. The van der Waals surface area contributed by atoms with Gasteiger partial charge < -0.3 is 5.32 Å². The van der Waals surface area contributed by atoms with Crippen molar-refractivity contribution in [1.29, 1.82) is 0 Å². The molecule has 0 unspecified atom stereocenters. The smallest absolute Gasteiger partial charge is 0.243 e. The third-order valence-electron chi connectivity index (χ3n) is 4.12. The molecule has 0 atom stereocenters. The normalized spacial score (nSPS) is 11.4.